The quantitative estimate of drug-likeness (QED) is 0.935. The van der Waals surface area contributed by atoms with Crippen LogP contribution in [0.15, 0.2) is 40.2 Å². The lowest BCUT2D eigenvalue weighted by atomic mass is 10.1. The molecule has 1 aromatic carbocycles. The molecule has 0 radical (unpaired) electrons. The molecule has 0 aliphatic carbocycles. The molecular formula is C13H14BrNOS. The third-order valence-corrected chi connectivity index (χ3v) is 4.52. The normalized spacial score (nSPS) is 12.5. The van der Waals surface area contributed by atoms with E-state index in [1.165, 1.54) is 0 Å². The summed E-state index contributed by atoms with van der Waals surface area (Å²) in [5.74, 6) is 0. The fourth-order valence-electron chi connectivity index (χ4n) is 1.62. The van der Waals surface area contributed by atoms with Crippen LogP contribution in [0.4, 0.5) is 5.69 Å². The number of aliphatic hydroxyl groups excluding tert-OH is 1. The van der Waals surface area contributed by atoms with Gasteiger partial charge in [0.05, 0.1) is 4.88 Å². The van der Waals surface area contributed by atoms with Crippen LogP contribution in [-0.2, 0) is 0 Å². The number of anilines is 1. The molecule has 4 heteroatoms. The van der Waals surface area contributed by atoms with E-state index in [-0.39, 0.29) is 0 Å². The summed E-state index contributed by atoms with van der Waals surface area (Å²) in [5, 5.41) is 12.3. The van der Waals surface area contributed by atoms with Crippen molar-refractivity contribution in [3.8, 4) is 0 Å². The van der Waals surface area contributed by atoms with Crippen molar-refractivity contribution in [2.45, 2.75) is 6.10 Å². The molecule has 0 saturated carbocycles. The maximum Gasteiger partial charge on any atom is 0.114 e. The van der Waals surface area contributed by atoms with E-state index in [0.717, 1.165) is 20.6 Å². The third kappa shape index (κ3) is 2.70. The van der Waals surface area contributed by atoms with Crippen LogP contribution in [0, 0.1) is 0 Å². The van der Waals surface area contributed by atoms with Gasteiger partial charge >= 0.3 is 0 Å². The van der Waals surface area contributed by atoms with Crippen molar-refractivity contribution < 1.29 is 5.11 Å². The Morgan fingerprint density at radius 1 is 1.29 bits per heavy atom. The van der Waals surface area contributed by atoms with Gasteiger partial charge in [0.2, 0.25) is 0 Å². The first-order chi connectivity index (χ1) is 8.09. The summed E-state index contributed by atoms with van der Waals surface area (Å²) in [5.41, 5.74) is 2.01. The molecule has 0 spiro atoms. The van der Waals surface area contributed by atoms with Gasteiger partial charge in [-0.15, -0.1) is 11.3 Å². The molecule has 17 heavy (non-hydrogen) atoms. The van der Waals surface area contributed by atoms with Crippen LogP contribution in [0.1, 0.15) is 16.5 Å². The van der Waals surface area contributed by atoms with E-state index >= 15 is 0 Å². The Balaban J connectivity index is 2.34. The van der Waals surface area contributed by atoms with E-state index in [0.29, 0.717) is 0 Å². The van der Waals surface area contributed by atoms with Gasteiger partial charge in [-0.05, 0) is 45.1 Å². The zero-order valence-electron chi connectivity index (χ0n) is 9.72. The molecule has 2 aromatic rings. The monoisotopic (exact) mass is 311 g/mol. The van der Waals surface area contributed by atoms with Crippen molar-refractivity contribution in [3.05, 3.63) is 50.6 Å². The smallest absolute Gasteiger partial charge is 0.114 e. The van der Waals surface area contributed by atoms with Crippen LogP contribution in [-0.4, -0.2) is 19.2 Å². The highest BCUT2D eigenvalue weighted by molar-refractivity contribution is 9.10. The summed E-state index contributed by atoms with van der Waals surface area (Å²) >= 11 is 5.01. The third-order valence-electron chi connectivity index (χ3n) is 2.60. The average Bonchev–Trinajstić information content (AvgIpc) is 2.74. The number of benzene rings is 1. The lowest BCUT2D eigenvalue weighted by Gasteiger charge is -2.16. The van der Waals surface area contributed by atoms with Gasteiger partial charge < -0.3 is 10.0 Å². The van der Waals surface area contributed by atoms with Crippen LogP contribution in [0.2, 0.25) is 0 Å². The standard InChI is InChI=1S/C13H14BrNOS/c1-15(2)10-5-3-4-9(8-10)12(16)13-11(14)6-7-17-13/h3-8,12,16H,1-2H3. The number of rotatable bonds is 3. The van der Waals surface area contributed by atoms with E-state index in [1.54, 1.807) is 11.3 Å². The van der Waals surface area contributed by atoms with Crippen molar-refractivity contribution in [2.24, 2.45) is 0 Å². The van der Waals surface area contributed by atoms with E-state index < -0.39 is 6.10 Å². The molecule has 0 aliphatic heterocycles. The highest BCUT2D eigenvalue weighted by atomic mass is 79.9. The van der Waals surface area contributed by atoms with Gasteiger partial charge in [-0.1, -0.05) is 12.1 Å². The van der Waals surface area contributed by atoms with E-state index in [1.807, 2.05) is 54.7 Å². The Hall–Kier alpha value is -0.840. The van der Waals surface area contributed by atoms with Gasteiger partial charge in [0.1, 0.15) is 6.10 Å². The van der Waals surface area contributed by atoms with Gasteiger partial charge in [-0.25, -0.2) is 0 Å². The van der Waals surface area contributed by atoms with Crippen LogP contribution in [0.5, 0.6) is 0 Å². The zero-order valence-corrected chi connectivity index (χ0v) is 12.1. The molecule has 0 saturated heterocycles. The molecular weight excluding hydrogens is 298 g/mol. The van der Waals surface area contributed by atoms with Gasteiger partial charge in [0.25, 0.3) is 0 Å². The van der Waals surface area contributed by atoms with Gasteiger partial charge in [-0.3, -0.25) is 0 Å². The van der Waals surface area contributed by atoms with Crippen molar-refractivity contribution in [1.29, 1.82) is 0 Å². The number of halogens is 1. The van der Waals surface area contributed by atoms with Crippen molar-refractivity contribution in [3.63, 3.8) is 0 Å². The maximum atomic E-state index is 10.3. The number of nitrogens with zero attached hydrogens (tertiary/aromatic N) is 1. The van der Waals surface area contributed by atoms with Gasteiger partial charge in [0.15, 0.2) is 0 Å². The fraction of sp³-hybridized carbons (Fsp3) is 0.231. The first-order valence-corrected chi connectivity index (χ1v) is 6.95. The molecule has 0 bridgehead atoms. The van der Waals surface area contributed by atoms with Crippen molar-refractivity contribution in [2.75, 3.05) is 19.0 Å². The second-order valence-corrected chi connectivity index (χ2v) is 5.83. The summed E-state index contributed by atoms with van der Waals surface area (Å²) in [6.45, 7) is 0. The van der Waals surface area contributed by atoms with E-state index in [4.69, 9.17) is 0 Å². The predicted octanol–water partition coefficient (Wildman–Crippen LogP) is 3.66. The van der Waals surface area contributed by atoms with Crippen LogP contribution < -0.4 is 4.90 Å². The van der Waals surface area contributed by atoms with Crippen LogP contribution >= 0.6 is 27.3 Å². The first kappa shape index (κ1) is 12.6. The summed E-state index contributed by atoms with van der Waals surface area (Å²) < 4.78 is 0.963. The number of hydrogen-bond acceptors (Lipinski definition) is 3. The Labute approximate surface area is 114 Å². The van der Waals surface area contributed by atoms with Crippen LogP contribution in [0.3, 0.4) is 0 Å². The molecule has 0 aliphatic rings. The largest absolute Gasteiger partial charge is 0.383 e. The Kier molecular flexibility index (Phi) is 3.86. The lowest BCUT2D eigenvalue weighted by molar-refractivity contribution is 0.223. The molecule has 1 aromatic heterocycles. The molecule has 0 fully saturated rings. The average molecular weight is 312 g/mol. The van der Waals surface area contributed by atoms with Crippen molar-refractivity contribution in [1.82, 2.24) is 0 Å². The number of hydrogen-bond donors (Lipinski definition) is 1. The molecule has 2 rings (SSSR count). The summed E-state index contributed by atoms with van der Waals surface area (Å²) in [7, 11) is 3.99. The lowest BCUT2D eigenvalue weighted by Crippen LogP contribution is -2.09. The van der Waals surface area contributed by atoms with Gasteiger partial charge in [-0.2, -0.15) is 0 Å². The Morgan fingerprint density at radius 2 is 2.06 bits per heavy atom. The molecule has 1 heterocycles. The Bertz CT molecular complexity index is 510. The van der Waals surface area contributed by atoms with E-state index in [9.17, 15) is 5.11 Å². The van der Waals surface area contributed by atoms with Crippen molar-refractivity contribution >= 4 is 33.0 Å². The van der Waals surface area contributed by atoms with Gasteiger partial charge in [0, 0.05) is 24.3 Å². The minimum Gasteiger partial charge on any atom is -0.383 e. The highest BCUT2D eigenvalue weighted by Gasteiger charge is 2.15. The minimum atomic E-state index is -0.565. The molecule has 1 atom stereocenters. The maximum absolute atomic E-state index is 10.3. The number of aliphatic hydroxyl groups is 1. The second kappa shape index (κ2) is 5.21. The summed E-state index contributed by atoms with van der Waals surface area (Å²) in [6, 6.07) is 9.91. The fourth-order valence-corrected chi connectivity index (χ4v) is 3.23. The van der Waals surface area contributed by atoms with Crippen LogP contribution in [0.25, 0.3) is 0 Å². The van der Waals surface area contributed by atoms with E-state index in [2.05, 4.69) is 15.9 Å². The zero-order chi connectivity index (χ0) is 12.4. The number of thiophene rings is 1. The molecule has 2 nitrogen and oxygen atoms in total. The minimum absolute atomic E-state index is 0.565. The summed E-state index contributed by atoms with van der Waals surface area (Å²) in [4.78, 5) is 2.97. The molecule has 0 amide bonds. The first-order valence-electron chi connectivity index (χ1n) is 5.28. The topological polar surface area (TPSA) is 23.5 Å². The molecule has 90 valence electrons. The summed E-state index contributed by atoms with van der Waals surface area (Å²) in [6.07, 6.45) is -0.565. The Morgan fingerprint density at radius 3 is 2.65 bits per heavy atom. The molecule has 1 unspecified atom stereocenters. The second-order valence-electron chi connectivity index (χ2n) is 4.02. The molecule has 1 N–H and O–H groups in total. The SMILES string of the molecule is CN(C)c1cccc(C(O)c2sccc2Br)c1. The highest BCUT2D eigenvalue weighted by Crippen LogP contribution is 2.33. The predicted molar refractivity (Wildman–Crippen MR) is 76.8 cm³/mol.